The first-order valence-corrected chi connectivity index (χ1v) is 7.74. The van der Waals surface area contributed by atoms with E-state index in [0.29, 0.717) is 29.5 Å². The third-order valence-corrected chi connectivity index (χ3v) is 4.79. The summed E-state index contributed by atoms with van der Waals surface area (Å²) in [5.74, 6) is 1.45. The van der Waals surface area contributed by atoms with E-state index in [1.165, 1.54) is 20.0 Å². The molecule has 1 saturated carbocycles. The predicted molar refractivity (Wildman–Crippen MR) is 83.5 cm³/mol. The van der Waals surface area contributed by atoms with Gasteiger partial charge in [-0.05, 0) is 25.0 Å². The highest BCUT2D eigenvalue weighted by Gasteiger charge is 2.33. The van der Waals surface area contributed by atoms with Crippen molar-refractivity contribution in [1.29, 1.82) is 0 Å². The quantitative estimate of drug-likeness (QED) is 0.821. The van der Waals surface area contributed by atoms with E-state index < -0.39 is 0 Å². The number of hydrogen-bond acceptors (Lipinski definition) is 3. The maximum Gasteiger partial charge on any atom is 0.255 e. The molecule has 1 fully saturated rings. The predicted octanol–water partition coefficient (Wildman–Crippen LogP) is 3.23. The highest BCUT2D eigenvalue weighted by atomic mass is 35.5. The van der Waals surface area contributed by atoms with Gasteiger partial charge in [0.1, 0.15) is 0 Å². The Balaban J connectivity index is 2.10. The molecule has 0 aromatic heterocycles. The molecule has 4 nitrogen and oxygen atoms in total. The Hall–Kier alpha value is -1.42. The Labute approximate surface area is 130 Å². The van der Waals surface area contributed by atoms with Crippen LogP contribution in [0.2, 0.25) is 0 Å². The zero-order valence-electron chi connectivity index (χ0n) is 12.6. The molecule has 1 N–H and O–H groups in total. The number of carbonyl (C=O) groups is 1. The second-order valence-corrected chi connectivity index (χ2v) is 5.83. The maximum atomic E-state index is 12.4. The Kier molecular flexibility index (Phi) is 5.34. The summed E-state index contributed by atoms with van der Waals surface area (Å²) in [6.07, 6.45) is 4.52. The number of rotatable bonds is 6. The smallest absolute Gasteiger partial charge is 0.255 e. The Morgan fingerprint density at radius 2 is 2.00 bits per heavy atom. The van der Waals surface area contributed by atoms with Gasteiger partial charge in [0.05, 0.1) is 19.8 Å². The molecular formula is C16H22ClNO3. The highest BCUT2D eigenvalue weighted by Crippen LogP contribution is 2.38. The zero-order chi connectivity index (χ0) is 15.3. The van der Waals surface area contributed by atoms with E-state index in [4.69, 9.17) is 21.1 Å². The van der Waals surface area contributed by atoms with Gasteiger partial charge in [0.2, 0.25) is 0 Å². The van der Waals surface area contributed by atoms with Gasteiger partial charge in [0.25, 0.3) is 5.91 Å². The topological polar surface area (TPSA) is 47.6 Å². The minimum absolute atomic E-state index is 0.0450. The zero-order valence-corrected chi connectivity index (χ0v) is 13.3. The molecule has 0 spiro atoms. The van der Waals surface area contributed by atoms with Crippen LogP contribution in [-0.2, 0) is 0 Å². The number of methoxy groups -OCH3 is 2. The van der Waals surface area contributed by atoms with Gasteiger partial charge in [-0.2, -0.15) is 0 Å². The van der Waals surface area contributed by atoms with Gasteiger partial charge in [0, 0.05) is 17.8 Å². The summed E-state index contributed by atoms with van der Waals surface area (Å²) in [5.41, 5.74) is 0.531. The molecule has 0 heterocycles. The molecule has 1 aromatic rings. The molecule has 1 aromatic carbocycles. The maximum absolute atomic E-state index is 12.4. The molecule has 1 aliphatic rings. The molecule has 2 rings (SSSR count). The van der Waals surface area contributed by atoms with Gasteiger partial charge in [-0.1, -0.05) is 18.9 Å². The van der Waals surface area contributed by atoms with Crippen molar-refractivity contribution in [3.8, 4) is 11.5 Å². The second kappa shape index (κ2) is 7.03. The molecule has 0 atom stereocenters. The van der Waals surface area contributed by atoms with E-state index in [1.54, 1.807) is 25.3 Å². The van der Waals surface area contributed by atoms with Gasteiger partial charge in [-0.3, -0.25) is 4.79 Å². The Bertz CT molecular complexity index is 498. The molecular weight excluding hydrogens is 290 g/mol. The lowest BCUT2D eigenvalue weighted by molar-refractivity contribution is 0.0931. The average molecular weight is 312 g/mol. The molecule has 5 heteroatoms. The van der Waals surface area contributed by atoms with Gasteiger partial charge in [0.15, 0.2) is 11.5 Å². The molecule has 0 aliphatic heterocycles. The summed E-state index contributed by atoms with van der Waals surface area (Å²) >= 11 is 6.10. The molecule has 0 bridgehead atoms. The van der Waals surface area contributed by atoms with Crippen molar-refractivity contribution in [2.24, 2.45) is 5.41 Å². The number of para-hydroxylation sites is 1. The lowest BCUT2D eigenvalue weighted by atomic mass is 9.88. The summed E-state index contributed by atoms with van der Waals surface area (Å²) < 4.78 is 10.5. The molecule has 0 radical (unpaired) electrons. The standard InChI is InChI=1S/C16H22ClNO3/c1-20-13-7-5-6-12(14(13)21-2)15(19)18-11-16(10-17)8-3-4-9-16/h5-7H,3-4,8-11H2,1-2H3,(H,18,19). The molecule has 116 valence electrons. The van der Waals surface area contributed by atoms with Crippen molar-refractivity contribution in [2.75, 3.05) is 26.6 Å². The number of benzene rings is 1. The van der Waals surface area contributed by atoms with Gasteiger partial charge in [-0.15, -0.1) is 11.6 Å². The lowest BCUT2D eigenvalue weighted by Crippen LogP contribution is -2.37. The van der Waals surface area contributed by atoms with Gasteiger partial charge >= 0.3 is 0 Å². The minimum Gasteiger partial charge on any atom is -0.493 e. The third kappa shape index (κ3) is 3.43. The van der Waals surface area contributed by atoms with Crippen LogP contribution in [0.15, 0.2) is 18.2 Å². The van der Waals surface area contributed by atoms with E-state index in [2.05, 4.69) is 5.32 Å². The number of hydrogen-bond donors (Lipinski definition) is 1. The molecule has 0 saturated heterocycles. The van der Waals surface area contributed by atoms with E-state index in [-0.39, 0.29) is 11.3 Å². The van der Waals surface area contributed by atoms with Crippen LogP contribution in [0.25, 0.3) is 0 Å². The number of alkyl halides is 1. The first kappa shape index (κ1) is 16.0. The molecule has 21 heavy (non-hydrogen) atoms. The summed E-state index contributed by atoms with van der Waals surface area (Å²) in [5, 5.41) is 3.00. The van der Waals surface area contributed by atoms with Crippen LogP contribution in [0, 0.1) is 5.41 Å². The average Bonchev–Trinajstić information content (AvgIpc) is 3.01. The van der Waals surface area contributed by atoms with E-state index in [1.807, 2.05) is 0 Å². The third-order valence-electron chi connectivity index (χ3n) is 4.22. The largest absolute Gasteiger partial charge is 0.493 e. The van der Waals surface area contributed by atoms with Crippen LogP contribution >= 0.6 is 11.6 Å². The minimum atomic E-state index is -0.151. The molecule has 1 aliphatic carbocycles. The Morgan fingerprint density at radius 1 is 1.29 bits per heavy atom. The van der Waals surface area contributed by atoms with Crippen molar-refractivity contribution >= 4 is 17.5 Å². The van der Waals surface area contributed by atoms with Crippen molar-refractivity contribution in [3.63, 3.8) is 0 Å². The molecule has 0 unspecified atom stereocenters. The second-order valence-electron chi connectivity index (χ2n) is 5.56. The van der Waals surface area contributed by atoms with Crippen molar-refractivity contribution in [2.45, 2.75) is 25.7 Å². The van der Waals surface area contributed by atoms with E-state index >= 15 is 0 Å². The van der Waals surface area contributed by atoms with Crippen molar-refractivity contribution in [1.82, 2.24) is 5.32 Å². The lowest BCUT2D eigenvalue weighted by Gasteiger charge is -2.26. The number of ether oxygens (including phenoxy) is 2. The van der Waals surface area contributed by atoms with Gasteiger partial charge in [-0.25, -0.2) is 0 Å². The van der Waals surface area contributed by atoms with Crippen LogP contribution in [0.5, 0.6) is 11.5 Å². The van der Waals surface area contributed by atoms with Crippen LogP contribution in [0.4, 0.5) is 0 Å². The fourth-order valence-corrected chi connectivity index (χ4v) is 3.27. The summed E-state index contributed by atoms with van der Waals surface area (Å²) in [4.78, 5) is 12.4. The number of nitrogens with one attached hydrogen (secondary N) is 1. The first-order chi connectivity index (χ1) is 10.2. The van der Waals surface area contributed by atoms with Crippen molar-refractivity contribution < 1.29 is 14.3 Å². The Morgan fingerprint density at radius 3 is 2.57 bits per heavy atom. The SMILES string of the molecule is COc1cccc(C(=O)NCC2(CCl)CCCC2)c1OC. The summed E-state index contributed by atoms with van der Waals surface area (Å²) in [6, 6.07) is 5.29. The van der Waals surface area contributed by atoms with Gasteiger partial charge < -0.3 is 14.8 Å². The first-order valence-electron chi connectivity index (χ1n) is 7.21. The highest BCUT2D eigenvalue weighted by molar-refractivity contribution is 6.18. The van der Waals surface area contributed by atoms with E-state index in [9.17, 15) is 4.79 Å². The summed E-state index contributed by atoms with van der Waals surface area (Å²) in [6.45, 7) is 0.607. The summed E-state index contributed by atoms with van der Waals surface area (Å²) in [7, 11) is 3.09. The fraction of sp³-hybridized carbons (Fsp3) is 0.562. The van der Waals surface area contributed by atoms with Crippen LogP contribution < -0.4 is 14.8 Å². The molecule has 1 amide bonds. The number of amides is 1. The normalized spacial score (nSPS) is 16.5. The van der Waals surface area contributed by atoms with Crippen LogP contribution in [0.3, 0.4) is 0 Å². The van der Waals surface area contributed by atoms with Crippen LogP contribution in [0.1, 0.15) is 36.0 Å². The van der Waals surface area contributed by atoms with E-state index in [0.717, 1.165) is 12.8 Å². The fourth-order valence-electron chi connectivity index (χ4n) is 2.91. The monoisotopic (exact) mass is 311 g/mol. The van der Waals surface area contributed by atoms with Crippen molar-refractivity contribution in [3.05, 3.63) is 23.8 Å². The van der Waals surface area contributed by atoms with Crippen LogP contribution in [-0.4, -0.2) is 32.6 Å². The number of carbonyl (C=O) groups excluding carboxylic acids is 1. The number of halogens is 1.